The smallest absolute Gasteiger partial charge is 0.408 e. The zero-order valence-corrected chi connectivity index (χ0v) is 13.0. The molecule has 1 aliphatic heterocycles. The van der Waals surface area contributed by atoms with E-state index in [2.05, 4.69) is 10.6 Å². The highest BCUT2D eigenvalue weighted by molar-refractivity contribution is 6.15. The maximum Gasteiger partial charge on any atom is 0.408 e. The van der Waals surface area contributed by atoms with Gasteiger partial charge in [-0.15, -0.1) is 0 Å². The molecule has 1 saturated heterocycles. The van der Waals surface area contributed by atoms with Crippen molar-refractivity contribution in [3.8, 4) is 0 Å². The molecule has 1 fully saturated rings. The van der Waals surface area contributed by atoms with E-state index in [0.29, 0.717) is 0 Å². The highest BCUT2D eigenvalue weighted by Crippen LogP contribution is 2.18. The molecule has 0 radical (unpaired) electrons. The first-order valence-electron chi connectivity index (χ1n) is 6.88. The van der Waals surface area contributed by atoms with E-state index in [0.717, 1.165) is 0 Å². The van der Waals surface area contributed by atoms with Crippen LogP contribution in [0.3, 0.4) is 0 Å². The number of amides is 3. The fraction of sp³-hybridized carbons (Fsp3) is 0.714. The Kier molecular flexibility index (Phi) is 5.09. The first-order chi connectivity index (χ1) is 9.51. The first kappa shape index (κ1) is 17.1. The molecule has 1 aliphatic rings. The van der Waals surface area contributed by atoms with E-state index in [4.69, 9.17) is 4.74 Å². The molecule has 1 heterocycles. The second kappa shape index (κ2) is 6.24. The van der Waals surface area contributed by atoms with Gasteiger partial charge in [-0.25, -0.2) is 4.79 Å². The Hall–Kier alpha value is -1.92. The van der Waals surface area contributed by atoms with Gasteiger partial charge in [-0.3, -0.25) is 19.7 Å². The van der Waals surface area contributed by atoms with Gasteiger partial charge in [0.2, 0.25) is 11.8 Å². The molecule has 0 saturated carbocycles. The van der Waals surface area contributed by atoms with Crippen molar-refractivity contribution in [2.24, 2.45) is 11.8 Å². The molecule has 1 unspecified atom stereocenters. The second-order valence-corrected chi connectivity index (χ2v) is 6.44. The number of rotatable bonds is 4. The molecule has 21 heavy (non-hydrogen) atoms. The lowest BCUT2D eigenvalue weighted by molar-refractivity contribution is -0.133. The van der Waals surface area contributed by atoms with Crippen LogP contribution in [0.25, 0.3) is 0 Å². The summed E-state index contributed by atoms with van der Waals surface area (Å²) in [4.78, 5) is 46.9. The SMILES string of the molecule is CC(C)[C@H](NC(=O)OC(C)(C)C)C(=O)C1CC(=O)NC1=O. The lowest BCUT2D eigenvalue weighted by Gasteiger charge is -2.26. The third-order valence-corrected chi connectivity index (χ3v) is 2.96. The van der Waals surface area contributed by atoms with Crippen molar-refractivity contribution < 1.29 is 23.9 Å². The van der Waals surface area contributed by atoms with Crippen molar-refractivity contribution in [1.82, 2.24) is 10.6 Å². The van der Waals surface area contributed by atoms with Gasteiger partial charge in [0.1, 0.15) is 11.5 Å². The molecule has 2 N–H and O–H groups in total. The molecule has 0 aromatic heterocycles. The van der Waals surface area contributed by atoms with E-state index in [1.54, 1.807) is 34.6 Å². The summed E-state index contributed by atoms with van der Waals surface area (Å²) in [5, 5.41) is 4.57. The minimum atomic E-state index is -1.04. The van der Waals surface area contributed by atoms with Crippen molar-refractivity contribution in [1.29, 1.82) is 0 Å². The lowest BCUT2D eigenvalue weighted by atomic mass is 9.90. The predicted molar refractivity (Wildman–Crippen MR) is 74.3 cm³/mol. The third kappa shape index (κ3) is 4.84. The van der Waals surface area contributed by atoms with Gasteiger partial charge in [0, 0.05) is 6.42 Å². The predicted octanol–water partition coefficient (Wildman–Crippen LogP) is 0.768. The monoisotopic (exact) mass is 298 g/mol. The number of nitrogens with one attached hydrogen (secondary N) is 2. The Balaban J connectivity index is 2.78. The molecule has 7 nitrogen and oxygen atoms in total. The summed E-state index contributed by atoms with van der Waals surface area (Å²) in [6.45, 7) is 8.62. The largest absolute Gasteiger partial charge is 0.444 e. The van der Waals surface area contributed by atoms with Crippen LogP contribution in [-0.4, -0.2) is 35.3 Å². The van der Waals surface area contributed by atoms with Gasteiger partial charge in [0.15, 0.2) is 5.78 Å². The van der Waals surface area contributed by atoms with Crippen LogP contribution in [0.15, 0.2) is 0 Å². The lowest BCUT2D eigenvalue weighted by Crippen LogP contribution is -2.49. The molecule has 7 heteroatoms. The first-order valence-corrected chi connectivity index (χ1v) is 6.88. The molecular weight excluding hydrogens is 276 g/mol. The van der Waals surface area contributed by atoms with Gasteiger partial charge in [-0.2, -0.15) is 0 Å². The van der Waals surface area contributed by atoms with Crippen LogP contribution in [0.1, 0.15) is 41.0 Å². The number of hydrogen-bond donors (Lipinski definition) is 2. The Morgan fingerprint density at radius 2 is 1.86 bits per heavy atom. The quantitative estimate of drug-likeness (QED) is 0.589. The normalized spacial score (nSPS) is 20.2. The summed E-state index contributed by atoms with van der Waals surface area (Å²) in [7, 11) is 0. The van der Waals surface area contributed by atoms with E-state index >= 15 is 0 Å². The highest BCUT2D eigenvalue weighted by atomic mass is 16.6. The van der Waals surface area contributed by atoms with Gasteiger partial charge in [-0.1, -0.05) is 13.8 Å². The summed E-state index contributed by atoms with van der Waals surface area (Å²) >= 11 is 0. The van der Waals surface area contributed by atoms with Crippen molar-refractivity contribution in [3.05, 3.63) is 0 Å². The molecule has 0 aliphatic carbocycles. The van der Waals surface area contributed by atoms with E-state index in [9.17, 15) is 19.2 Å². The average molecular weight is 298 g/mol. The molecular formula is C14H22N2O5. The Morgan fingerprint density at radius 3 is 2.24 bits per heavy atom. The van der Waals surface area contributed by atoms with Gasteiger partial charge in [0.05, 0.1) is 6.04 Å². The van der Waals surface area contributed by atoms with Crippen LogP contribution < -0.4 is 10.6 Å². The number of alkyl carbamates (subject to hydrolysis) is 1. The van der Waals surface area contributed by atoms with Crippen molar-refractivity contribution >= 4 is 23.7 Å². The minimum Gasteiger partial charge on any atom is -0.444 e. The second-order valence-electron chi connectivity index (χ2n) is 6.44. The molecule has 0 aromatic rings. The van der Waals surface area contributed by atoms with Crippen molar-refractivity contribution in [2.45, 2.75) is 52.7 Å². The summed E-state index contributed by atoms with van der Waals surface area (Å²) in [5.41, 5.74) is -0.685. The summed E-state index contributed by atoms with van der Waals surface area (Å²) in [6, 6.07) is -0.874. The number of carbonyl (C=O) groups is 4. The Morgan fingerprint density at radius 1 is 1.29 bits per heavy atom. The molecule has 0 spiro atoms. The van der Waals surface area contributed by atoms with E-state index < -0.39 is 41.3 Å². The maximum atomic E-state index is 12.4. The fourth-order valence-electron chi connectivity index (χ4n) is 2.00. The number of carbonyl (C=O) groups excluding carboxylic acids is 4. The van der Waals surface area contributed by atoms with Crippen LogP contribution in [0, 0.1) is 11.8 Å². The number of imide groups is 1. The maximum absolute atomic E-state index is 12.4. The van der Waals surface area contributed by atoms with E-state index in [1.807, 2.05) is 0 Å². The fourth-order valence-corrected chi connectivity index (χ4v) is 2.00. The molecule has 0 aromatic carbocycles. The minimum absolute atomic E-state index is 0.170. The van der Waals surface area contributed by atoms with E-state index in [1.165, 1.54) is 0 Å². The van der Waals surface area contributed by atoms with Gasteiger partial charge < -0.3 is 10.1 Å². The summed E-state index contributed by atoms with van der Waals surface area (Å²) in [6.07, 6.45) is -0.893. The highest BCUT2D eigenvalue weighted by Gasteiger charge is 2.41. The Bertz CT molecular complexity index is 464. The molecule has 1 rings (SSSR count). The van der Waals surface area contributed by atoms with Crippen LogP contribution in [0.5, 0.6) is 0 Å². The average Bonchev–Trinajstić information content (AvgIpc) is 2.61. The Labute approximate surface area is 123 Å². The van der Waals surface area contributed by atoms with Gasteiger partial charge in [0.25, 0.3) is 0 Å². The molecule has 118 valence electrons. The van der Waals surface area contributed by atoms with E-state index in [-0.39, 0.29) is 12.3 Å². The molecule has 3 amide bonds. The van der Waals surface area contributed by atoms with Crippen LogP contribution in [-0.2, 0) is 19.1 Å². The number of ketones is 1. The molecule has 2 atom stereocenters. The third-order valence-electron chi connectivity index (χ3n) is 2.96. The van der Waals surface area contributed by atoms with Crippen LogP contribution in [0.4, 0.5) is 4.79 Å². The number of Topliss-reactive ketones (excluding diaryl/α,β-unsaturated/α-hetero) is 1. The van der Waals surface area contributed by atoms with Crippen molar-refractivity contribution in [2.75, 3.05) is 0 Å². The van der Waals surface area contributed by atoms with Crippen molar-refractivity contribution in [3.63, 3.8) is 0 Å². The molecule has 0 bridgehead atoms. The zero-order chi connectivity index (χ0) is 16.4. The standard InChI is InChI=1S/C14H22N2O5/c1-7(2)10(16-13(20)21-14(3,4)5)11(18)8-6-9(17)15-12(8)19/h7-8,10H,6H2,1-5H3,(H,16,20)(H,15,17,19)/t8?,10-/m0/s1. The number of ether oxygens (including phenoxy) is 1. The number of hydrogen-bond acceptors (Lipinski definition) is 5. The topological polar surface area (TPSA) is 102 Å². The summed E-state index contributed by atoms with van der Waals surface area (Å²) in [5.74, 6) is -2.83. The van der Waals surface area contributed by atoms with Crippen LogP contribution >= 0.6 is 0 Å². The van der Waals surface area contributed by atoms with Crippen LogP contribution in [0.2, 0.25) is 0 Å². The van der Waals surface area contributed by atoms with Gasteiger partial charge in [-0.05, 0) is 26.7 Å². The van der Waals surface area contributed by atoms with Gasteiger partial charge >= 0.3 is 6.09 Å². The summed E-state index contributed by atoms with van der Waals surface area (Å²) < 4.78 is 5.11. The zero-order valence-electron chi connectivity index (χ0n) is 13.0.